The molecule has 72 valence electrons. The Hall–Kier alpha value is 0.120. The molecular formula is C6H11NaO5S. The van der Waals surface area contributed by atoms with E-state index < -0.39 is 21.5 Å². The van der Waals surface area contributed by atoms with Crippen molar-refractivity contribution in [1.82, 2.24) is 0 Å². The number of hydrogen-bond donors (Lipinski definition) is 1. The number of carbonyl (C=O) groups is 1. The Balaban J connectivity index is -0.000000605. The largest absolute Gasteiger partial charge is 1.00 e. The molecule has 0 bridgehead atoms. The van der Waals surface area contributed by atoms with E-state index in [-0.39, 0.29) is 37.4 Å². The van der Waals surface area contributed by atoms with Crippen LogP contribution < -0.4 is 29.6 Å². The maximum absolute atomic E-state index is 10.5. The minimum Gasteiger partial charge on any atom is -1.00 e. The van der Waals surface area contributed by atoms with Crippen molar-refractivity contribution in [2.45, 2.75) is 18.8 Å². The molecule has 0 radical (unpaired) electrons. The van der Waals surface area contributed by atoms with Crippen LogP contribution in [0.5, 0.6) is 0 Å². The van der Waals surface area contributed by atoms with Crippen molar-refractivity contribution in [1.29, 1.82) is 0 Å². The zero-order valence-electron chi connectivity index (χ0n) is 8.56. The van der Waals surface area contributed by atoms with Gasteiger partial charge in [0.25, 0.3) is 0 Å². The molecule has 0 amide bonds. The van der Waals surface area contributed by atoms with Gasteiger partial charge in [-0.05, 0) is 6.42 Å². The molecule has 0 heterocycles. The van der Waals surface area contributed by atoms with E-state index in [1.807, 2.05) is 0 Å². The Labute approximate surface area is 101 Å². The van der Waals surface area contributed by atoms with Gasteiger partial charge < -0.3 is 6.16 Å². The molecule has 0 rings (SSSR count). The van der Waals surface area contributed by atoms with E-state index in [4.69, 9.17) is 4.55 Å². The average molecular weight is 218 g/mol. The minimum atomic E-state index is -4.31. The van der Waals surface area contributed by atoms with Gasteiger partial charge in [0.2, 0.25) is 5.44 Å². The fraction of sp³-hybridized carbons (Fsp3) is 0.500. The van der Waals surface area contributed by atoms with E-state index >= 15 is 0 Å². The molecule has 0 aromatic heterocycles. The summed E-state index contributed by atoms with van der Waals surface area (Å²) in [5.41, 5.74) is -1.50. The molecule has 0 aliphatic heterocycles. The van der Waals surface area contributed by atoms with Gasteiger partial charge in [-0.25, -0.2) is 4.79 Å². The molecule has 0 saturated heterocycles. The van der Waals surface area contributed by atoms with Gasteiger partial charge in [-0.1, -0.05) is 13.5 Å². The zero-order valence-corrected chi connectivity index (χ0v) is 10.4. The fourth-order valence-electron chi connectivity index (χ4n) is 0.532. The first-order valence-corrected chi connectivity index (χ1v) is 4.71. The molecule has 1 N–H and O–H groups in total. The summed E-state index contributed by atoms with van der Waals surface area (Å²) in [6, 6.07) is 0. The number of carbonyl (C=O) groups excluding carboxylic acids is 1. The Morgan fingerprint density at radius 3 is 2.46 bits per heavy atom. The van der Waals surface area contributed by atoms with Gasteiger partial charge in [-0.2, -0.15) is 8.42 Å². The van der Waals surface area contributed by atoms with Crippen molar-refractivity contribution >= 4 is 16.1 Å². The van der Waals surface area contributed by atoms with E-state index in [0.717, 1.165) is 6.08 Å². The van der Waals surface area contributed by atoms with Crippen molar-refractivity contribution < 1.29 is 53.5 Å². The smallest absolute Gasteiger partial charge is 1.00 e. The van der Waals surface area contributed by atoms with Crippen molar-refractivity contribution in [3.63, 3.8) is 0 Å². The first-order valence-electron chi connectivity index (χ1n) is 3.21. The van der Waals surface area contributed by atoms with Crippen molar-refractivity contribution in [2.75, 3.05) is 0 Å². The van der Waals surface area contributed by atoms with E-state index in [9.17, 15) is 13.2 Å². The molecule has 0 fully saturated rings. The Morgan fingerprint density at radius 2 is 2.23 bits per heavy atom. The van der Waals surface area contributed by atoms with Gasteiger partial charge in [-0.3, -0.25) is 4.55 Å². The topological polar surface area (TPSA) is 80.7 Å². The van der Waals surface area contributed by atoms with Crippen LogP contribution in [0.2, 0.25) is 0 Å². The summed E-state index contributed by atoms with van der Waals surface area (Å²) in [6.07, 6.45) is 0.826. The van der Waals surface area contributed by atoms with Crippen LogP contribution in [0.4, 0.5) is 0 Å². The summed E-state index contributed by atoms with van der Waals surface area (Å²) in [6.45, 7) is 4.55. The van der Waals surface area contributed by atoms with E-state index in [0.29, 0.717) is 0 Å². The molecule has 0 spiro atoms. The second-order valence-electron chi connectivity index (χ2n) is 1.99. The third-order valence-electron chi connectivity index (χ3n) is 1.08. The van der Waals surface area contributed by atoms with Crippen LogP contribution in [0.25, 0.3) is 0 Å². The molecule has 1 atom stereocenters. The quantitative estimate of drug-likeness (QED) is 0.243. The van der Waals surface area contributed by atoms with Crippen LogP contribution in [0.1, 0.15) is 14.8 Å². The van der Waals surface area contributed by atoms with E-state index in [2.05, 4.69) is 11.3 Å². The first-order chi connectivity index (χ1) is 5.41. The van der Waals surface area contributed by atoms with Gasteiger partial charge in [0, 0.05) is 6.08 Å². The van der Waals surface area contributed by atoms with Crippen LogP contribution in [0.15, 0.2) is 12.7 Å². The summed E-state index contributed by atoms with van der Waals surface area (Å²) in [5, 5.41) is 0. The second kappa shape index (κ2) is 6.56. The molecule has 1 unspecified atom stereocenters. The molecule has 0 aliphatic carbocycles. The standard InChI is InChI=1S/C6H10O5S.Na.H/c1-3-5(7)11-6(4-2)12(8,9)10;;/h3,6H,1,4H2,2H3,(H,8,9,10);;/q;+1;-1. The molecule has 0 aliphatic rings. The summed E-state index contributed by atoms with van der Waals surface area (Å²) >= 11 is 0. The predicted octanol–water partition coefficient (Wildman–Crippen LogP) is -2.54. The van der Waals surface area contributed by atoms with Gasteiger partial charge >= 0.3 is 45.6 Å². The normalized spacial score (nSPS) is 12.5. The van der Waals surface area contributed by atoms with Gasteiger partial charge in [-0.15, -0.1) is 0 Å². The molecular weight excluding hydrogens is 207 g/mol. The van der Waals surface area contributed by atoms with Gasteiger partial charge in [0.05, 0.1) is 0 Å². The Bertz CT molecular complexity index is 276. The molecule has 0 aromatic rings. The average Bonchev–Trinajstić information content (AvgIpc) is 1.97. The van der Waals surface area contributed by atoms with Gasteiger partial charge in [0.15, 0.2) is 0 Å². The fourth-order valence-corrected chi connectivity index (χ4v) is 1.17. The van der Waals surface area contributed by atoms with Crippen LogP contribution in [0.3, 0.4) is 0 Å². The SMILES string of the molecule is C=CC(=O)OC(CC)S(=O)(=O)O.[H-].[Na+]. The van der Waals surface area contributed by atoms with Crippen LogP contribution in [-0.2, 0) is 19.6 Å². The van der Waals surface area contributed by atoms with Gasteiger partial charge in [0.1, 0.15) is 0 Å². The molecule has 0 aromatic carbocycles. The molecule has 0 saturated carbocycles. The zero-order chi connectivity index (χ0) is 9.78. The van der Waals surface area contributed by atoms with Crippen LogP contribution >= 0.6 is 0 Å². The third kappa shape index (κ3) is 6.23. The van der Waals surface area contributed by atoms with E-state index in [1.165, 1.54) is 6.92 Å². The van der Waals surface area contributed by atoms with Crippen LogP contribution in [0, 0.1) is 0 Å². The number of hydrogen-bond acceptors (Lipinski definition) is 4. The number of esters is 1. The number of rotatable bonds is 4. The summed E-state index contributed by atoms with van der Waals surface area (Å²) in [5.74, 6) is -0.875. The Morgan fingerprint density at radius 1 is 1.77 bits per heavy atom. The maximum Gasteiger partial charge on any atom is 1.00 e. The molecule has 7 heteroatoms. The maximum atomic E-state index is 10.5. The second-order valence-corrected chi connectivity index (χ2v) is 3.55. The summed E-state index contributed by atoms with van der Waals surface area (Å²) in [7, 11) is -4.31. The molecule has 13 heavy (non-hydrogen) atoms. The van der Waals surface area contributed by atoms with Crippen LogP contribution in [-0.4, -0.2) is 24.4 Å². The Kier molecular flexibility index (Phi) is 7.86. The summed E-state index contributed by atoms with van der Waals surface area (Å²) < 4.78 is 33.7. The van der Waals surface area contributed by atoms with Crippen molar-refractivity contribution in [3.8, 4) is 0 Å². The molecule has 5 nitrogen and oxygen atoms in total. The number of ether oxygens (including phenoxy) is 1. The first kappa shape index (κ1) is 15.6. The minimum absolute atomic E-state index is 0. The van der Waals surface area contributed by atoms with E-state index in [1.54, 1.807) is 0 Å². The van der Waals surface area contributed by atoms with Crippen molar-refractivity contribution in [3.05, 3.63) is 12.7 Å². The van der Waals surface area contributed by atoms with Crippen molar-refractivity contribution in [2.24, 2.45) is 0 Å². The summed E-state index contributed by atoms with van der Waals surface area (Å²) in [4.78, 5) is 10.5. The monoisotopic (exact) mass is 218 g/mol. The predicted molar refractivity (Wildman–Crippen MR) is 43.0 cm³/mol. The third-order valence-corrected chi connectivity index (χ3v) is 2.17.